The molecule has 0 radical (unpaired) electrons. The monoisotopic (exact) mass is 392 g/mol. The average molecular weight is 392 g/mol. The first-order valence-electron chi connectivity index (χ1n) is 9.83. The quantitative estimate of drug-likeness (QED) is 0.790. The molecule has 2 fully saturated rings. The number of morpholine rings is 1. The molecule has 6 nitrogen and oxygen atoms in total. The minimum Gasteiger partial charge on any atom is -0.491 e. The van der Waals surface area contributed by atoms with Crippen LogP contribution in [0.2, 0.25) is 0 Å². The smallest absolute Gasteiger partial charge is 0.248 e. The third-order valence-corrected chi connectivity index (χ3v) is 5.25. The lowest BCUT2D eigenvalue weighted by molar-refractivity contribution is -0.156. The number of benzene rings is 1. The largest absolute Gasteiger partial charge is 0.491 e. The maximum atomic E-state index is 13.0. The summed E-state index contributed by atoms with van der Waals surface area (Å²) >= 11 is 0. The number of carbonyl (C=O) groups is 2. The van der Waals surface area contributed by atoms with Crippen LogP contribution >= 0.6 is 0 Å². The van der Waals surface area contributed by atoms with Crippen molar-refractivity contribution < 1.29 is 23.5 Å². The Labute approximate surface area is 165 Å². The van der Waals surface area contributed by atoms with Gasteiger partial charge >= 0.3 is 0 Å². The van der Waals surface area contributed by atoms with Gasteiger partial charge in [-0.25, -0.2) is 4.39 Å². The summed E-state index contributed by atoms with van der Waals surface area (Å²) in [6.45, 7) is 7.94. The number of hydrogen-bond donors (Lipinski definition) is 0. The van der Waals surface area contributed by atoms with Crippen molar-refractivity contribution in [3.8, 4) is 5.75 Å². The summed E-state index contributed by atoms with van der Waals surface area (Å²) in [5.41, 5.74) is -0.385. The molecular weight excluding hydrogens is 363 g/mol. The van der Waals surface area contributed by atoms with Crippen LogP contribution in [0.5, 0.6) is 5.75 Å². The van der Waals surface area contributed by atoms with Crippen LogP contribution in [0.4, 0.5) is 4.39 Å². The maximum Gasteiger partial charge on any atom is 0.248 e. The van der Waals surface area contributed by atoms with Crippen molar-refractivity contribution >= 4 is 11.8 Å². The number of likely N-dealkylation sites (tertiary alicyclic amines) is 1. The lowest BCUT2D eigenvalue weighted by Gasteiger charge is -2.43. The summed E-state index contributed by atoms with van der Waals surface area (Å²) in [4.78, 5) is 28.6. The molecule has 154 valence electrons. The zero-order valence-electron chi connectivity index (χ0n) is 16.8. The topological polar surface area (TPSA) is 59.1 Å². The third kappa shape index (κ3) is 5.01. The number of rotatable bonds is 4. The van der Waals surface area contributed by atoms with E-state index in [0.29, 0.717) is 32.0 Å². The van der Waals surface area contributed by atoms with E-state index in [1.54, 1.807) is 12.1 Å². The third-order valence-electron chi connectivity index (χ3n) is 5.25. The van der Waals surface area contributed by atoms with Gasteiger partial charge in [0.2, 0.25) is 11.8 Å². The van der Waals surface area contributed by atoms with Crippen molar-refractivity contribution in [2.45, 2.75) is 45.8 Å². The van der Waals surface area contributed by atoms with Crippen molar-refractivity contribution in [1.29, 1.82) is 0 Å². The van der Waals surface area contributed by atoms with E-state index in [4.69, 9.17) is 9.47 Å². The maximum absolute atomic E-state index is 13.0. The predicted octanol–water partition coefficient (Wildman–Crippen LogP) is 2.47. The highest BCUT2D eigenvalue weighted by atomic mass is 19.1. The van der Waals surface area contributed by atoms with Gasteiger partial charge in [0.25, 0.3) is 0 Å². The van der Waals surface area contributed by atoms with Gasteiger partial charge in [-0.3, -0.25) is 9.59 Å². The Morgan fingerprint density at radius 2 is 1.86 bits per heavy atom. The van der Waals surface area contributed by atoms with Gasteiger partial charge in [-0.1, -0.05) is 20.8 Å². The van der Waals surface area contributed by atoms with Crippen LogP contribution in [-0.4, -0.2) is 66.6 Å². The van der Waals surface area contributed by atoms with E-state index in [1.807, 2.05) is 30.6 Å². The van der Waals surface area contributed by atoms with Crippen LogP contribution in [-0.2, 0) is 14.3 Å². The molecule has 28 heavy (non-hydrogen) atoms. The molecule has 1 unspecified atom stereocenters. The molecule has 2 aliphatic heterocycles. The van der Waals surface area contributed by atoms with Gasteiger partial charge in [0, 0.05) is 24.5 Å². The van der Waals surface area contributed by atoms with Crippen LogP contribution in [0.1, 0.15) is 33.6 Å². The summed E-state index contributed by atoms with van der Waals surface area (Å²) in [5, 5.41) is 0. The van der Waals surface area contributed by atoms with E-state index in [-0.39, 0.29) is 41.8 Å². The van der Waals surface area contributed by atoms with E-state index in [1.165, 1.54) is 12.1 Å². The highest BCUT2D eigenvalue weighted by molar-refractivity contribution is 5.81. The number of piperidine rings is 1. The molecule has 0 bridgehead atoms. The Kier molecular flexibility index (Phi) is 6.23. The summed E-state index contributed by atoms with van der Waals surface area (Å²) < 4.78 is 24.3. The molecule has 3 rings (SSSR count). The van der Waals surface area contributed by atoms with Crippen LogP contribution < -0.4 is 4.74 Å². The number of halogens is 1. The highest BCUT2D eigenvalue weighted by Crippen LogP contribution is 2.24. The number of carbonyl (C=O) groups excluding carboxylic acids is 2. The number of amides is 2. The van der Waals surface area contributed by atoms with Crippen LogP contribution in [0, 0.1) is 11.2 Å². The molecule has 2 amide bonds. The van der Waals surface area contributed by atoms with E-state index in [9.17, 15) is 14.0 Å². The summed E-state index contributed by atoms with van der Waals surface area (Å²) in [5.74, 6) is 0.403. The van der Waals surface area contributed by atoms with Crippen molar-refractivity contribution in [3.05, 3.63) is 30.1 Å². The zero-order valence-corrected chi connectivity index (χ0v) is 16.8. The molecule has 0 saturated carbocycles. The Bertz CT molecular complexity index is 693. The molecule has 1 aromatic rings. The Morgan fingerprint density at radius 3 is 2.46 bits per heavy atom. The molecular formula is C21H29FN2O4. The van der Waals surface area contributed by atoms with Gasteiger partial charge in [0.1, 0.15) is 30.9 Å². The number of ether oxygens (including phenoxy) is 2. The summed E-state index contributed by atoms with van der Waals surface area (Å²) in [6, 6.07) is 5.96. The highest BCUT2D eigenvalue weighted by Gasteiger charge is 2.36. The van der Waals surface area contributed by atoms with Gasteiger partial charge < -0.3 is 19.3 Å². The molecule has 2 aliphatic rings. The fourth-order valence-corrected chi connectivity index (χ4v) is 3.67. The Balaban J connectivity index is 1.51. The number of hydrogen-bond acceptors (Lipinski definition) is 4. The Hall–Kier alpha value is -2.15. The fourth-order valence-electron chi connectivity index (χ4n) is 3.67. The normalized spacial score (nSPS) is 21.7. The fraction of sp³-hybridized carbons (Fsp3) is 0.619. The van der Waals surface area contributed by atoms with Crippen molar-refractivity contribution in [2.24, 2.45) is 5.41 Å². The first-order valence-corrected chi connectivity index (χ1v) is 9.83. The minimum absolute atomic E-state index is 0.0152. The van der Waals surface area contributed by atoms with Crippen LogP contribution in [0.25, 0.3) is 0 Å². The summed E-state index contributed by atoms with van der Waals surface area (Å²) in [7, 11) is 0. The standard InChI is InChI=1S/C21H29FN2O4/c1-21(2,3)20(26)23-10-8-16(9-11-23)24-12-18(28-14-19(24)25)13-27-17-6-4-15(22)5-7-17/h4-7,16,18H,8-14H2,1-3H3. The number of nitrogens with zero attached hydrogens (tertiary/aromatic N) is 2. The van der Waals surface area contributed by atoms with Gasteiger partial charge in [-0.2, -0.15) is 0 Å². The summed E-state index contributed by atoms with van der Waals surface area (Å²) in [6.07, 6.45) is 1.33. The zero-order chi connectivity index (χ0) is 20.3. The lowest BCUT2D eigenvalue weighted by Crippen LogP contribution is -2.56. The molecule has 0 spiro atoms. The average Bonchev–Trinajstić information content (AvgIpc) is 2.67. The SMILES string of the molecule is CC(C)(C)C(=O)N1CCC(N2CC(COc3ccc(F)cc3)OCC2=O)CC1. The van der Waals surface area contributed by atoms with Crippen LogP contribution in [0.15, 0.2) is 24.3 Å². The first kappa shape index (κ1) is 20.6. The lowest BCUT2D eigenvalue weighted by atomic mass is 9.92. The minimum atomic E-state index is -0.385. The molecule has 2 heterocycles. The molecule has 1 aromatic carbocycles. The first-order chi connectivity index (χ1) is 13.2. The van der Waals surface area contributed by atoms with Gasteiger partial charge in [0.05, 0.1) is 6.54 Å². The van der Waals surface area contributed by atoms with E-state index in [0.717, 1.165) is 12.8 Å². The Morgan fingerprint density at radius 1 is 1.21 bits per heavy atom. The van der Waals surface area contributed by atoms with E-state index < -0.39 is 0 Å². The van der Waals surface area contributed by atoms with E-state index >= 15 is 0 Å². The van der Waals surface area contributed by atoms with E-state index in [2.05, 4.69) is 0 Å². The molecule has 0 aliphatic carbocycles. The van der Waals surface area contributed by atoms with Gasteiger partial charge in [0.15, 0.2) is 0 Å². The van der Waals surface area contributed by atoms with Crippen molar-refractivity contribution in [1.82, 2.24) is 9.80 Å². The predicted molar refractivity (Wildman–Crippen MR) is 102 cm³/mol. The molecule has 1 atom stereocenters. The second kappa shape index (κ2) is 8.47. The van der Waals surface area contributed by atoms with Crippen molar-refractivity contribution in [2.75, 3.05) is 32.8 Å². The molecule has 0 aromatic heterocycles. The second-order valence-corrected chi connectivity index (χ2v) is 8.52. The van der Waals surface area contributed by atoms with Gasteiger partial charge in [-0.15, -0.1) is 0 Å². The second-order valence-electron chi connectivity index (χ2n) is 8.52. The van der Waals surface area contributed by atoms with Crippen LogP contribution in [0.3, 0.4) is 0 Å². The molecule has 7 heteroatoms. The molecule has 2 saturated heterocycles. The van der Waals surface area contributed by atoms with Gasteiger partial charge in [-0.05, 0) is 37.1 Å². The molecule has 0 N–H and O–H groups in total. The van der Waals surface area contributed by atoms with Crippen molar-refractivity contribution in [3.63, 3.8) is 0 Å².